The van der Waals surface area contributed by atoms with Gasteiger partial charge >= 0.3 is 0 Å². The lowest BCUT2D eigenvalue weighted by molar-refractivity contribution is -0.135. The molecule has 132 valence electrons. The van der Waals surface area contributed by atoms with Crippen molar-refractivity contribution >= 4 is 22.7 Å². The molecule has 1 aliphatic heterocycles. The molecule has 0 bridgehead atoms. The highest BCUT2D eigenvalue weighted by atomic mass is 16.2. The molecule has 1 aromatic heterocycles. The van der Waals surface area contributed by atoms with Gasteiger partial charge in [-0.2, -0.15) is 0 Å². The molecule has 1 aromatic carbocycles. The number of fused-ring (bicyclic) bond motifs is 1. The van der Waals surface area contributed by atoms with Crippen molar-refractivity contribution in [2.24, 2.45) is 0 Å². The summed E-state index contributed by atoms with van der Waals surface area (Å²) in [6.45, 7) is 4.69. The number of amides is 2. The van der Waals surface area contributed by atoms with Gasteiger partial charge in [-0.05, 0) is 32.8 Å². The van der Waals surface area contributed by atoms with Crippen LogP contribution in [0.25, 0.3) is 10.9 Å². The number of rotatable bonds is 4. The molecule has 2 heterocycles. The summed E-state index contributed by atoms with van der Waals surface area (Å²) in [5.74, 6) is -0.137. The fraction of sp³-hybridized carbons (Fsp3) is 0.421. The van der Waals surface area contributed by atoms with Gasteiger partial charge in [0.1, 0.15) is 0 Å². The van der Waals surface area contributed by atoms with Crippen molar-refractivity contribution in [2.75, 3.05) is 13.1 Å². The summed E-state index contributed by atoms with van der Waals surface area (Å²) in [4.78, 5) is 41.4. The highest BCUT2D eigenvalue weighted by Gasteiger charge is 2.24. The van der Waals surface area contributed by atoms with Crippen LogP contribution < -0.4 is 10.9 Å². The predicted octanol–water partition coefficient (Wildman–Crippen LogP) is 1.97. The summed E-state index contributed by atoms with van der Waals surface area (Å²) in [5.41, 5.74) is 1.18. The first-order valence-corrected chi connectivity index (χ1v) is 8.68. The Hall–Kier alpha value is -2.63. The summed E-state index contributed by atoms with van der Waals surface area (Å²) in [6, 6.07) is 7.20. The van der Waals surface area contributed by atoms with E-state index in [9.17, 15) is 14.4 Å². The number of benzene rings is 1. The minimum absolute atomic E-state index is 0.0645. The number of carbonyl (C=O) groups is 2. The monoisotopic (exact) mass is 341 g/mol. The lowest BCUT2D eigenvalue weighted by Gasteiger charge is -2.32. The third kappa shape index (κ3) is 3.43. The third-order valence-electron chi connectivity index (χ3n) is 4.84. The molecule has 0 spiro atoms. The van der Waals surface area contributed by atoms with Gasteiger partial charge in [0.25, 0.3) is 11.5 Å². The normalized spacial score (nSPS) is 16.1. The number of hydrogen-bond donors (Lipinski definition) is 2. The average Bonchev–Trinajstić information content (AvgIpc) is 2.61. The second-order valence-electron chi connectivity index (χ2n) is 6.60. The number of H-pyrrole nitrogens is 1. The van der Waals surface area contributed by atoms with Crippen molar-refractivity contribution in [1.82, 2.24) is 15.2 Å². The molecule has 1 saturated heterocycles. The minimum Gasteiger partial charge on any atom is -0.350 e. The lowest BCUT2D eigenvalue weighted by Crippen LogP contribution is -2.47. The summed E-state index contributed by atoms with van der Waals surface area (Å²) >= 11 is 0. The van der Waals surface area contributed by atoms with Gasteiger partial charge in [0.05, 0.1) is 5.56 Å². The van der Waals surface area contributed by atoms with Crippen molar-refractivity contribution in [3.8, 4) is 0 Å². The molecule has 3 rings (SSSR count). The Balaban J connectivity index is 1.80. The number of piperidine rings is 1. The molecule has 2 aromatic rings. The molecule has 1 atom stereocenters. The number of nitrogens with one attached hydrogen (secondary N) is 2. The molecule has 2 amide bonds. The van der Waals surface area contributed by atoms with Crippen molar-refractivity contribution in [2.45, 2.75) is 39.2 Å². The van der Waals surface area contributed by atoms with E-state index in [2.05, 4.69) is 10.3 Å². The number of carbonyl (C=O) groups excluding carboxylic acids is 2. The van der Waals surface area contributed by atoms with Crippen LogP contribution in [0.4, 0.5) is 0 Å². The number of hydrogen-bond acceptors (Lipinski definition) is 3. The SMILES string of the molecule is Cc1c(C(=O)NCC(C)N2CCCCC2=O)c2ccccc2[nH]c1=O. The van der Waals surface area contributed by atoms with Gasteiger partial charge in [0.2, 0.25) is 5.91 Å². The van der Waals surface area contributed by atoms with Crippen LogP contribution in [-0.2, 0) is 4.79 Å². The van der Waals surface area contributed by atoms with E-state index in [1.807, 2.05) is 30.0 Å². The van der Waals surface area contributed by atoms with E-state index in [4.69, 9.17) is 0 Å². The Morgan fingerprint density at radius 2 is 2.04 bits per heavy atom. The molecule has 0 aliphatic carbocycles. The highest BCUT2D eigenvalue weighted by Crippen LogP contribution is 2.18. The van der Waals surface area contributed by atoms with Crippen molar-refractivity contribution in [3.63, 3.8) is 0 Å². The van der Waals surface area contributed by atoms with Gasteiger partial charge in [-0.3, -0.25) is 14.4 Å². The predicted molar refractivity (Wildman–Crippen MR) is 96.7 cm³/mol. The maximum Gasteiger partial charge on any atom is 0.252 e. The maximum atomic E-state index is 12.7. The quantitative estimate of drug-likeness (QED) is 0.892. The number of pyridine rings is 1. The zero-order valence-corrected chi connectivity index (χ0v) is 14.6. The van der Waals surface area contributed by atoms with Crippen LogP contribution in [0.3, 0.4) is 0 Å². The Morgan fingerprint density at radius 1 is 1.28 bits per heavy atom. The number of aromatic amines is 1. The van der Waals surface area contributed by atoms with Gasteiger partial charge in [0, 0.05) is 42.0 Å². The first-order chi connectivity index (χ1) is 12.0. The van der Waals surface area contributed by atoms with Gasteiger partial charge in [-0.25, -0.2) is 0 Å². The topological polar surface area (TPSA) is 82.3 Å². The van der Waals surface area contributed by atoms with E-state index in [-0.39, 0.29) is 23.4 Å². The first-order valence-electron chi connectivity index (χ1n) is 8.68. The Bertz CT molecular complexity index is 872. The molecule has 1 aliphatic rings. The van der Waals surface area contributed by atoms with Gasteiger partial charge in [-0.1, -0.05) is 18.2 Å². The largest absolute Gasteiger partial charge is 0.350 e. The number of aromatic nitrogens is 1. The zero-order valence-electron chi connectivity index (χ0n) is 14.6. The molecule has 0 saturated carbocycles. The Labute approximate surface area is 146 Å². The Kier molecular flexibility index (Phi) is 4.88. The van der Waals surface area contributed by atoms with E-state index in [1.165, 1.54) is 0 Å². The standard InChI is InChI=1S/C19H23N3O3/c1-12(22-10-6-5-9-16(22)23)11-20-19(25)17-13(2)18(24)21-15-8-4-3-7-14(15)17/h3-4,7-8,12H,5-6,9-11H2,1-2H3,(H,20,25)(H,21,24). The molecular weight excluding hydrogens is 318 g/mol. The van der Waals surface area contributed by atoms with E-state index < -0.39 is 0 Å². The van der Waals surface area contributed by atoms with Gasteiger partial charge < -0.3 is 15.2 Å². The molecule has 6 heteroatoms. The van der Waals surface area contributed by atoms with Crippen molar-refractivity contribution in [1.29, 1.82) is 0 Å². The Morgan fingerprint density at radius 3 is 2.80 bits per heavy atom. The average molecular weight is 341 g/mol. The lowest BCUT2D eigenvalue weighted by atomic mass is 10.0. The third-order valence-corrected chi connectivity index (χ3v) is 4.84. The number of nitrogens with zero attached hydrogens (tertiary/aromatic N) is 1. The van der Waals surface area contributed by atoms with Gasteiger partial charge in [-0.15, -0.1) is 0 Å². The fourth-order valence-electron chi connectivity index (χ4n) is 3.37. The highest BCUT2D eigenvalue weighted by molar-refractivity contribution is 6.07. The maximum absolute atomic E-state index is 12.7. The summed E-state index contributed by atoms with van der Waals surface area (Å²) < 4.78 is 0. The van der Waals surface area contributed by atoms with Crippen LogP contribution >= 0.6 is 0 Å². The fourth-order valence-corrected chi connectivity index (χ4v) is 3.37. The van der Waals surface area contributed by atoms with Crippen LogP contribution in [0.15, 0.2) is 29.1 Å². The minimum atomic E-state index is -0.281. The molecule has 1 unspecified atom stereocenters. The molecular formula is C19H23N3O3. The van der Waals surface area contributed by atoms with E-state index in [0.29, 0.717) is 29.6 Å². The second kappa shape index (κ2) is 7.09. The summed E-state index contributed by atoms with van der Waals surface area (Å²) in [5, 5.41) is 3.61. The molecule has 2 N–H and O–H groups in total. The van der Waals surface area contributed by atoms with Crippen molar-refractivity contribution in [3.05, 3.63) is 45.7 Å². The number of likely N-dealkylation sites (tertiary alicyclic amines) is 1. The van der Waals surface area contributed by atoms with Crippen LogP contribution in [-0.4, -0.2) is 40.8 Å². The molecule has 1 fully saturated rings. The van der Waals surface area contributed by atoms with Crippen molar-refractivity contribution < 1.29 is 9.59 Å². The first kappa shape index (κ1) is 17.2. The zero-order chi connectivity index (χ0) is 18.0. The summed E-state index contributed by atoms with van der Waals surface area (Å²) in [6.07, 6.45) is 2.52. The summed E-state index contributed by atoms with van der Waals surface area (Å²) in [7, 11) is 0. The van der Waals surface area contributed by atoms with Crippen LogP contribution in [0.1, 0.15) is 42.1 Å². The molecule has 6 nitrogen and oxygen atoms in total. The van der Waals surface area contributed by atoms with Crippen LogP contribution in [0.5, 0.6) is 0 Å². The molecule has 25 heavy (non-hydrogen) atoms. The molecule has 0 radical (unpaired) electrons. The smallest absolute Gasteiger partial charge is 0.252 e. The van der Waals surface area contributed by atoms with E-state index >= 15 is 0 Å². The van der Waals surface area contributed by atoms with Crippen LogP contribution in [0.2, 0.25) is 0 Å². The van der Waals surface area contributed by atoms with E-state index in [0.717, 1.165) is 24.8 Å². The van der Waals surface area contributed by atoms with E-state index in [1.54, 1.807) is 13.0 Å². The number of para-hydroxylation sites is 1. The van der Waals surface area contributed by atoms with Crippen LogP contribution in [0, 0.1) is 6.92 Å². The van der Waals surface area contributed by atoms with Gasteiger partial charge in [0.15, 0.2) is 0 Å². The second-order valence-corrected chi connectivity index (χ2v) is 6.60.